The number of nitrogens with one attached hydrogen (secondary N) is 1. The number of aromatic nitrogens is 2. The Morgan fingerprint density at radius 2 is 2.00 bits per heavy atom. The molecule has 2 saturated heterocycles. The predicted molar refractivity (Wildman–Crippen MR) is 133 cm³/mol. The molecule has 10 heteroatoms. The fourth-order valence-corrected chi connectivity index (χ4v) is 5.55. The van der Waals surface area contributed by atoms with E-state index in [1.807, 2.05) is 26.0 Å². The average Bonchev–Trinajstić information content (AvgIpc) is 2.73. The molecule has 2 fully saturated rings. The first-order valence-electron chi connectivity index (χ1n) is 11.1. The lowest BCUT2D eigenvalue weighted by Crippen LogP contribution is -2.63. The fraction of sp³-hybridized carbons (Fsp3) is 0.522. The number of hydrogen-bond donors (Lipinski definition) is 2. The first-order chi connectivity index (χ1) is 15.7. The third-order valence-electron chi connectivity index (χ3n) is 6.51. The van der Waals surface area contributed by atoms with E-state index in [1.54, 1.807) is 6.07 Å². The lowest BCUT2D eigenvalue weighted by molar-refractivity contribution is -0.137. The summed E-state index contributed by atoms with van der Waals surface area (Å²) in [5.41, 5.74) is 1.79. The van der Waals surface area contributed by atoms with Crippen LogP contribution in [0.5, 0.6) is 0 Å². The second-order valence-corrected chi connectivity index (χ2v) is 10.4. The number of aryl methyl sites for hydroxylation is 1. The summed E-state index contributed by atoms with van der Waals surface area (Å²) >= 11 is 18.9. The Morgan fingerprint density at radius 1 is 1.24 bits per heavy atom. The maximum atomic E-state index is 10.9. The summed E-state index contributed by atoms with van der Waals surface area (Å²) in [5, 5.41) is 14.0. The number of aliphatic carboxylic acids is 1. The zero-order chi connectivity index (χ0) is 23.8. The van der Waals surface area contributed by atoms with Crippen LogP contribution in [0, 0.1) is 12.3 Å². The molecule has 0 saturated carbocycles. The van der Waals surface area contributed by atoms with Crippen LogP contribution >= 0.6 is 34.8 Å². The number of nitrogens with zero attached hydrogens (tertiary/aromatic N) is 4. The van der Waals surface area contributed by atoms with Crippen LogP contribution in [0.25, 0.3) is 0 Å². The van der Waals surface area contributed by atoms with Gasteiger partial charge in [-0.3, -0.25) is 4.79 Å². The number of hydrogen-bond acceptors (Lipinski definition) is 6. The van der Waals surface area contributed by atoms with Gasteiger partial charge < -0.3 is 20.2 Å². The van der Waals surface area contributed by atoms with Crippen LogP contribution in [-0.2, 0) is 4.79 Å². The lowest BCUT2D eigenvalue weighted by atomic mass is 9.73. The van der Waals surface area contributed by atoms with E-state index < -0.39 is 5.97 Å². The SMILES string of the molecule is Cc1nc(N2CC3(CCCN(CCC(=O)O)C3)C2)nc(N[C@H](C)c2ccc(Cl)cc2Cl)c1Cl. The molecule has 2 aliphatic rings. The molecular weight excluding hydrogens is 485 g/mol. The van der Waals surface area contributed by atoms with Crippen molar-refractivity contribution in [2.45, 2.75) is 39.2 Å². The second-order valence-electron chi connectivity index (χ2n) is 9.18. The number of carboxylic acids is 1. The molecule has 0 aliphatic carbocycles. The number of halogens is 3. The van der Waals surface area contributed by atoms with E-state index in [4.69, 9.17) is 44.9 Å². The van der Waals surface area contributed by atoms with Gasteiger partial charge in [0.15, 0.2) is 5.82 Å². The highest BCUT2D eigenvalue weighted by molar-refractivity contribution is 6.35. The van der Waals surface area contributed by atoms with Gasteiger partial charge in [0.25, 0.3) is 0 Å². The largest absolute Gasteiger partial charge is 0.481 e. The number of anilines is 2. The molecule has 2 N–H and O–H groups in total. The van der Waals surface area contributed by atoms with E-state index >= 15 is 0 Å². The van der Waals surface area contributed by atoms with E-state index in [2.05, 4.69) is 20.1 Å². The zero-order valence-electron chi connectivity index (χ0n) is 18.7. The Labute approximate surface area is 209 Å². The van der Waals surface area contributed by atoms with E-state index in [1.165, 1.54) is 0 Å². The molecule has 7 nitrogen and oxygen atoms in total. The number of piperidine rings is 1. The highest BCUT2D eigenvalue weighted by atomic mass is 35.5. The van der Waals surface area contributed by atoms with E-state index in [0.717, 1.165) is 44.6 Å². The monoisotopic (exact) mass is 511 g/mol. The van der Waals surface area contributed by atoms with Crippen LogP contribution in [-0.4, -0.2) is 58.7 Å². The van der Waals surface area contributed by atoms with Crippen molar-refractivity contribution < 1.29 is 9.90 Å². The van der Waals surface area contributed by atoms with Crippen molar-refractivity contribution in [3.8, 4) is 0 Å². The first kappa shape index (κ1) is 24.3. The van der Waals surface area contributed by atoms with E-state index in [-0.39, 0.29) is 17.9 Å². The first-order valence-corrected chi connectivity index (χ1v) is 12.2. The van der Waals surface area contributed by atoms with Gasteiger partial charge in [-0.1, -0.05) is 40.9 Å². The molecular formula is C23H28Cl3N5O2. The zero-order valence-corrected chi connectivity index (χ0v) is 21.0. The van der Waals surface area contributed by atoms with Crippen molar-refractivity contribution in [1.82, 2.24) is 14.9 Å². The smallest absolute Gasteiger partial charge is 0.304 e. The average molecular weight is 513 g/mol. The highest BCUT2D eigenvalue weighted by Crippen LogP contribution is 2.41. The molecule has 1 aromatic heterocycles. The molecule has 0 unspecified atom stereocenters. The summed E-state index contributed by atoms with van der Waals surface area (Å²) in [7, 11) is 0. The van der Waals surface area contributed by atoms with Gasteiger partial charge in [-0.25, -0.2) is 4.98 Å². The molecule has 1 aromatic carbocycles. The molecule has 0 bridgehead atoms. The van der Waals surface area contributed by atoms with Crippen molar-refractivity contribution in [2.24, 2.45) is 5.41 Å². The van der Waals surface area contributed by atoms with Crippen LogP contribution in [0.15, 0.2) is 18.2 Å². The van der Waals surface area contributed by atoms with Gasteiger partial charge >= 0.3 is 5.97 Å². The van der Waals surface area contributed by atoms with Crippen molar-refractivity contribution in [1.29, 1.82) is 0 Å². The lowest BCUT2D eigenvalue weighted by Gasteiger charge is -2.54. The third-order valence-corrected chi connectivity index (χ3v) is 7.52. The van der Waals surface area contributed by atoms with Gasteiger partial charge in [0, 0.05) is 41.6 Å². The van der Waals surface area contributed by atoms with Crippen LogP contribution in [0.1, 0.15) is 43.5 Å². The molecule has 0 radical (unpaired) electrons. The summed E-state index contributed by atoms with van der Waals surface area (Å²) in [6, 6.07) is 5.29. The van der Waals surface area contributed by atoms with Crippen LogP contribution in [0.2, 0.25) is 15.1 Å². The Hall–Kier alpha value is -1.80. The van der Waals surface area contributed by atoms with E-state index in [9.17, 15) is 4.79 Å². The number of likely N-dealkylation sites (tertiary alicyclic amines) is 1. The normalized spacial score (nSPS) is 18.8. The molecule has 1 spiro atoms. The predicted octanol–water partition coefficient (Wildman–Crippen LogP) is 5.30. The molecule has 2 aliphatic heterocycles. The number of carboxylic acid groups (broad SMARTS) is 1. The van der Waals surface area contributed by atoms with Gasteiger partial charge in [0.2, 0.25) is 5.95 Å². The maximum absolute atomic E-state index is 10.9. The molecule has 2 aromatic rings. The quantitative estimate of drug-likeness (QED) is 0.521. The van der Waals surface area contributed by atoms with Gasteiger partial charge in [-0.05, 0) is 50.9 Å². The molecule has 178 valence electrons. The van der Waals surface area contributed by atoms with Gasteiger partial charge in [0.05, 0.1) is 18.2 Å². The van der Waals surface area contributed by atoms with E-state index in [0.29, 0.717) is 39.1 Å². The fourth-order valence-electron chi connectivity index (χ4n) is 4.83. The number of carbonyl (C=O) groups is 1. The molecule has 3 heterocycles. The summed E-state index contributed by atoms with van der Waals surface area (Å²) in [6.07, 6.45) is 2.40. The van der Waals surface area contributed by atoms with Crippen molar-refractivity contribution in [2.75, 3.05) is 42.9 Å². The van der Waals surface area contributed by atoms with Crippen LogP contribution < -0.4 is 10.2 Å². The topological polar surface area (TPSA) is 81.6 Å². The van der Waals surface area contributed by atoms with Gasteiger partial charge in [-0.15, -0.1) is 0 Å². The highest BCUT2D eigenvalue weighted by Gasteiger charge is 2.46. The molecule has 1 atom stereocenters. The Balaban J connectivity index is 1.45. The Kier molecular flexibility index (Phi) is 7.24. The van der Waals surface area contributed by atoms with Crippen molar-refractivity contribution in [3.63, 3.8) is 0 Å². The third kappa shape index (κ3) is 5.48. The maximum Gasteiger partial charge on any atom is 0.304 e. The summed E-state index contributed by atoms with van der Waals surface area (Å²) in [4.78, 5) is 24.7. The van der Waals surface area contributed by atoms with Crippen LogP contribution in [0.4, 0.5) is 11.8 Å². The van der Waals surface area contributed by atoms with Crippen molar-refractivity contribution in [3.05, 3.63) is 44.5 Å². The minimum atomic E-state index is -0.746. The summed E-state index contributed by atoms with van der Waals surface area (Å²) in [5.74, 6) is 0.483. The second kappa shape index (κ2) is 9.82. The standard InChI is InChI=1S/C23H28Cl3N5O2/c1-14(17-5-4-16(24)10-18(17)25)27-21-20(26)15(2)28-22(29-21)31-12-23(13-31)7-3-8-30(11-23)9-6-19(32)33/h4-5,10,14H,3,6-9,11-13H2,1-2H3,(H,32,33)(H,27,28,29)/t14-/m1/s1. The Bertz CT molecular complexity index is 1040. The summed E-state index contributed by atoms with van der Waals surface area (Å²) < 4.78 is 0. The number of rotatable bonds is 7. The number of benzene rings is 1. The minimum absolute atomic E-state index is 0.127. The summed E-state index contributed by atoms with van der Waals surface area (Å²) in [6.45, 7) is 8.07. The van der Waals surface area contributed by atoms with Crippen molar-refractivity contribution >= 4 is 52.5 Å². The molecule has 4 rings (SSSR count). The van der Waals surface area contributed by atoms with Gasteiger partial charge in [-0.2, -0.15) is 4.98 Å². The molecule has 0 amide bonds. The van der Waals surface area contributed by atoms with Crippen LogP contribution in [0.3, 0.4) is 0 Å². The van der Waals surface area contributed by atoms with Gasteiger partial charge in [0.1, 0.15) is 5.02 Å². The molecule has 33 heavy (non-hydrogen) atoms. The Morgan fingerprint density at radius 3 is 2.70 bits per heavy atom. The minimum Gasteiger partial charge on any atom is -0.481 e.